The van der Waals surface area contributed by atoms with Crippen LogP contribution in [0.2, 0.25) is 10.0 Å². The lowest BCUT2D eigenvalue weighted by atomic mass is 10.1. The first-order chi connectivity index (χ1) is 8.58. The Labute approximate surface area is 117 Å². The maximum atomic E-state index is 6.17. The molecule has 2 rings (SSSR count). The summed E-state index contributed by atoms with van der Waals surface area (Å²) in [5.74, 6) is 0.951. The molecule has 0 amide bonds. The summed E-state index contributed by atoms with van der Waals surface area (Å²) in [6.07, 6.45) is 1.70. The van der Waals surface area contributed by atoms with Crippen LogP contribution in [0.4, 0.5) is 0 Å². The second kappa shape index (κ2) is 5.79. The van der Waals surface area contributed by atoms with Gasteiger partial charge in [-0.05, 0) is 43.2 Å². The Hall–Kier alpha value is -0.960. The van der Waals surface area contributed by atoms with Crippen LogP contribution in [-0.2, 0) is 6.54 Å². The van der Waals surface area contributed by atoms with Gasteiger partial charge in [-0.1, -0.05) is 29.3 Å². The van der Waals surface area contributed by atoms with E-state index in [2.05, 4.69) is 12.2 Å². The molecule has 0 radical (unpaired) electrons. The topological polar surface area (TPSA) is 25.2 Å². The molecule has 1 aromatic carbocycles. The molecule has 4 heteroatoms. The molecule has 0 fully saturated rings. The minimum absolute atomic E-state index is 0.138. The lowest BCUT2D eigenvalue weighted by molar-refractivity contribution is 0.458. The minimum Gasteiger partial charge on any atom is -0.468 e. The molecule has 0 bridgehead atoms. The third kappa shape index (κ3) is 3.08. The normalized spacial score (nSPS) is 12.7. The van der Waals surface area contributed by atoms with E-state index in [1.165, 1.54) is 0 Å². The van der Waals surface area contributed by atoms with E-state index < -0.39 is 0 Å². The molecular formula is C14H15Cl2NO. The van der Waals surface area contributed by atoms with E-state index in [1.54, 1.807) is 12.3 Å². The van der Waals surface area contributed by atoms with Crippen LogP contribution in [0.15, 0.2) is 34.9 Å². The highest BCUT2D eigenvalue weighted by Crippen LogP contribution is 2.26. The van der Waals surface area contributed by atoms with E-state index in [1.807, 2.05) is 25.1 Å². The van der Waals surface area contributed by atoms with Crippen LogP contribution < -0.4 is 5.32 Å². The van der Waals surface area contributed by atoms with Crippen molar-refractivity contribution in [2.75, 3.05) is 0 Å². The van der Waals surface area contributed by atoms with Gasteiger partial charge in [0.15, 0.2) is 0 Å². The van der Waals surface area contributed by atoms with Gasteiger partial charge >= 0.3 is 0 Å². The molecule has 0 saturated heterocycles. The highest BCUT2D eigenvalue weighted by Gasteiger charge is 2.11. The van der Waals surface area contributed by atoms with Gasteiger partial charge in [0.05, 0.1) is 12.8 Å². The number of nitrogens with one attached hydrogen (secondary N) is 1. The Morgan fingerprint density at radius 1 is 1.28 bits per heavy atom. The number of aryl methyl sites for hydroxylation is 1. The van der Waals surface area contributed by atoms with Crippen LogP contribution in [0.1, 0.15) is 29.9 Å². The number of furan rings is 1. The third-order valence-corrected chi connectivity index (χ3v) is 3.53. The number of hydrogen-bond donors (Lipinski definition) is 1. The van der Waals surface area contributed by atoms with E-state index in [-0.39, 0.29) is 6.04 Å². The Morgan fingerprint density at radius 3 is 2.67 bits per heavy atom. The Morgan fingerprint density at radius 2 is 2.06 bits per heavy atom. The van der Waals surface area contributed by atoms with E-state index in [0.717, 1.165) is 16.9 Å². The fourth-order valence-corrected chi connectivity index (χ4v) is 2.37. The predicted molar refractivity (Wildman–Crippen MR) is 75.2 cm³/mol. The quantitative estimate of drug-likeness (QED) is 0.876. The molecule has 0 saturated carbocycles. The van der Waals surface area contributed by atoms with Crippen molar-refractivity contribution in [3.8, 4) is 0 Å². The van der Waals surface area contributed by atoms with E-state index in [0.29, 0.717) is 16.6 Å². The summed E-state index contributed by atoms with van der Waals surface area (Å²) in [5, 5.41) is 4.71. The Kier molecular flexibility index (Phi) is 4.33. The van der Waals surface area contributed by atoms with Gasteiger partial charge in [0.25, 0.3) is 0 Å². The molecule has 2 aromatic rings. The second-order valence-corrected chi connectivity index (χ2v) is 5.14. The zero-order valence-electron chi connectivity index (χ0n) is 10.3. The first-order valence-corrected chi connectivity index (χ1v) is 6.55. The molecule has 1 aromatic heterocycles. The van der Waals surface area contributed by atoms with Crippen molar-refractivity contribution in [2.45, 2.75) is 26.4 Å². The molecule has 1 atom stereocenters. The van der Waals surface area contributed by atoms with Crippen LogP contribution >= 0.6 is 23.2 Å². The zero-order chi connectivity index (χ0) is 13.1. The van der Waals surface area contributed by atoms with Crippen molar-refractivity contribution < 1.29 is 4.42 Å². The van der Waals surface area contributed by atoms with Crippen LogP contribution in [0.5, 0.6) is 0 Å². The number of rotatable bonds is 4. The van der Waals surface area contributed by atoms with Crippen molar-refractivity contribution in [3.63, 3.8) is 0 Å². The second-order valence-electron chi connectivity index (χ2n) is 4.30. The molecule has 2 nitrogen and oxygen atoms in total. The molecule has 0 aliphatic heterocycles. The van der Waals surface area contributed by atoms with Gasteiger partial charge in [-0.15, -0.1) is 0 Å². The molecular weight excluding hydrogens is 269 g/mol. The maximum Gasteiger partial charge on any atom is 0.120 e. The van der Waals surface area contributed by atoms with E-state index in [4.69, 9.17) is 27.6 Å². The van der Waals surface area contributed by atoms with Gasteiger partial charge in [0.1, 0.15) is 5.76 Å². The van der Waals surface area contributed by atoms with Crippen LogP contribution in [0.25, 0.3) is 0 Å². The van der Waals surface area contributed by atoms with Gasteiger partial charge in [0.2, 0.25) is 0 Å². The number of halogens is 2. The molecule has 96 valence electrons. The lowest BCUT2D eigenvalue weighted by Gasteiger charge is -2.15. The van der Waals surface area contributed by atoms with Crippen molar-refractivity contribution in [1.82, 2.24) is 5.32 Å². The summed E-state index contributed by atoms with van der Waals surface area (Å²) in [6.45, 7) is 4.77. The van der Waals surface area contributed by atoms with Gasteiger partial charge in [0, 0.05) is 16.1 Å². The van der Waals surface area contributed by atoms with Crippen molar-refractivity contribution >= 4 is 23.2 Å². The Balaban J connectivity index is 2.03. The molecule has 0 spiro atoms. The van der Waals surface area contributed by atoms with Crippen molar-refractivity contribution in [1.29, 1.82) is 0 Å². The summed E-state index contributed by atoms with van der Waals surface area (Å²) in [4.78, 5) is 0. The Bertz CT molecular complexity index is 536. The van der Waals surface area contributed by atoms with Crippen molar-refractivity contribution in [3.05, 3.63) is 57.5 Å². The van der Waals surface area contributed by atoms with Gasteiger partial charge < -0.3 is 9.73 Å². The SMILES string of the molecule is Cc1ccoc1CNC(C)c1ccc(Cl)cc1Cl. The van der Waals surface area contributed by atoms with Crippen molar-refractivity contribution in [2.24, 2.45) is 0 Å². The molecule has 18 heavy (non-hydrogen) atoms. The summed E-state index contributed by atoms with van der Waals surface area (Å²) in [6, 6.07) is 7.64. The van der Waals surface area contributed by atoms with Crippen LogP contribution in [-0.4, -0.2) is 0 Å². The van der Waals surface area contributed by atoms with Gasteiger partial charge in [-0.2, -0.15) is 0 Å². The highest BCUT2D eigenvalue weighted by molar-refractivity contribution is 6.35. The summed E-state index contributed by atoms with van der Waals surface area (Å²) >= 11 is 12.0. The van der Waals surface area contributed by atoms with Crippen LogP contribution in [0.3, 0.4) is 0 Å². The average molecular weight is 284 g/mol. The molecule has 1 unspecified atom stereocenters. The molecule has 0 aliphatic carbocycles. The van der Waals surface area contributed by atoms with Gasteiger partial charge in [-0.3, -0.25) is 0 Å². The summed E-state index contributed by atoms with van der Waals surface area (Å²) < 4.78 is 5.38. The first-order valence-electron chi connectivity index (χ1n) is 5.79. The maximum absolute atomic E-state index is 6.17. The van der Waals surface area contributed by atoms with E-state index in [9.17, 15) is 0 Å². The van der Waals surface area contributed by atoms with Gasteiger partial charge in [-0.25, -0.2) is 0 Å². The van der Waals surface area contributed by atoms with Crippen LogP contribution in [0, 0.1) is 6.92 Å². The smallest absolute Gasteiger partial charge is 0.120 e. The van der Waals surface area contributed by atoms with E-state index >= 15 is 0 Å². The summed E-state index contributed by atoms with van der Waals surface area (Å²) in [7, 11) is 0. The fraction of sp³-hybridized carbons (Fsp3) is 0.286. The predicted octanol–water partition coefficient (Wildman–Crippen LogP) is 4.75. The number of hydrogen-bond acceptors (Lipinski definition) is 2. The first kappa shape index (κ1) is 13.5. The minimum atomic E-state index is 0.138. The standard InChI is InChI=1S/C14H15Cl2NO/c1-9-5-6-18-14(9)8-17-10(2)12-4-3-11(15)7-13(12)16/h3-7,10,17H,8H2,1-2H3. The molecule has 1 N–H and O–H groups in total. The zero-order valence-corrected chi connectivity index (χ0v) is 11.8. The highest BCUT2D eigenvalue weighted by atomic mass is 35.5. The average Bonchev–Trinajstić information content (AvgIpc) is 2.72. The largest absolute Gasteiger partial charge is 0.468 e. The number of benzene rings is 1. The lowest BCUT2D eigenvalue weighted by Crippen LogP contribution is -2.18. The monoisotopic (exact) mass is 283 g/mol. The molecule has 0 aliphatic rings. The fourth-order valence-electron chi connectivity index (χ4n) is 1.79. The third-order valence-electron chi connectivity index (χ3n) is 2.97. The molecule has 1 heterocycles. The summed E-state index contributed by atoms with van der Waals surface area (Å²) in [5.41, 5.74) is 2.18.